The van der Waals surface area contributed by atoms with Crippen LogP contribution < -0.4 is 11.1 Å². The number of rotatable bonds is 4. The van der Waals surface area contributed by atoms with Gasteiger partial charge in [-0.15, -0.1) is 0 Å². The summed E-state index contributed by atoms with van der Waals surface area (Å²) >= 11 is 5.97. The standard InChI is InChI=1S/C17H19ClN2O/c1-11(2)16(12-6-4-3-5-7-12)20-17(21)13-8-9-15(19)14(18)10-13/h3-11,16H,19H2,1-2H3,(H,20,21). The van der Waals surface area contributed by atoms with E-state index >= 15 is 0 Å². The molecular formula is C17H19ClN2O. The number of benzene rings is 2. The third-order valence-electron chi connectivity index (χ3n) is 3.37. The zero-order chi connectivity index (χ0) is 15.4. The fourth-order valence-corrected chi connectivity index (χ4v) is 2.37. The lowest BCUT2D eigenvalue weighted by molar-refractivity contribution is 0.0925. The highest BCUT2D eigenvalue weighted by atomic mass is 35.5. The van der Waals surface area contributed by atoms with Crippen LogP contribution in [0.5, 0.6) is 0 Å². The van der Waals surface area contributed by atoms with Gasteiger partial charge in [0.2, 0.25) is 0 Å². The van der Waals surface area contributed by atoms with Crippen molar-refractivity contribution in [2.45, 2.75) is 19.9 Å². The van der Waals surface area contributed by atoms with Crippen LogP contribution in [0.2, 0.25) is 5.02 Å². The Bertz CT molecular complexity index is 626. The van der Waals surface area contributed by atoms with Crippen molar-refractivity contribution in [1.29, 1.82) is 0 Å². The van der Waals surface area contributed by atoms with E-state index < -0.39 is 0 Å². The predicted molar refractivity (Wildman–Crippen MR) is 87.4 cm³/mol. The Hall–Kier alpha value is -2.00. The van der Waals surface area contributed by atoms with Gasteiger partial charge in [0.05, 0.1) is 16.8 Å². The van der Waals surface area contributed by atoms with E-state index in [4.69, 9.17) is 17.3 Å². The van der Waals surface area contributed by atoms with Crippen molar-refractivity contribution in [3.05, 3.63) is 64.7 Å². The minimum atomic E-state index is -0.153. The number of carbonyl (C=O) groups excluding carboxylic acids is 1. The summed E-state index contributed by atoms with van der Waals surface area (Å²) in [4.78, 5) is 12.4. The minimum absolute atomic E-state index is 0.0463. The molecule has 3 N–H and O–H groups in total. The largest absolute Gasteiger partial charge is 0.398 e. The fourth-order valence-electron chi connectivity index (χ4n) is 2.19. The monoisotopic (exact) mass is 302 g/mol. The second-order valence-corrected chi connectivity index (χ2v) is 5.75. The van der Waals surface area contributed by atoms with E-state index in [1.807, 2.05) is 30.3 Å². The zero-order valence-corrected chi connectivity index (χ0v) is 12.9. The van der Waals surface area contributed by atoms with Crippen LogP contribution >= 0.6 is 11.6 Å². The van der Waals surface area contributed by atoms with Crippen molar-refractivity contribution >= 4 is 23.2 Å². The van der Waals surface area contributed by atoms with Gasteiger partial charge in [0, 0.05) is 5.56 Å². The predicted octanol–water partition coefficient (Wildman–Crippen LogP) is 4.05. The first-order chi connectivity index (χ1) is 9.99. The first-order valence-electron chi connectivity index (χ1n) is 6.90. The molecule has 0 aliphatic carbocycles. The molecule has 0 bridgehead atoms. The van der Waals surface area contributed by atoms with Gasteiger partial charge < -0.3 is 11.1 Å². The molecule has 0 saturated carbocycles. The molecule has 0 aromatic heterocycles. The molecule has 1 unspecified atom stereocenters. The van der Waals surface area contributed by atoms with Gasteiger partial charge in [-0.2, -0.15) is 0 Å². The summed E-state index contributed by atoms with van der Waals surface area (Å²) in [6.45, 7) is 4.15. The lowest BCUT2D eigenvalue weighted by Gasteiger charge is -2.23. The Morgan fingerprint density at radius 3 is 2.38 bits per heavy atom. The number of nitrogens with two attached hydrogens (primary N) is 1. The number of carbonyl (C=O) groups is 1. The molecule has 0 heterocycles. The summed E-state index contributed by atoms with van der Waals surface area (Å²) in [5.41, 5.74) is 7.73. The van der Waals surface area contributed by atoms with Crippen molar-refractivity contribution in [3.8, 4) is 0 Å². The Kier molecular flexibility index (Phi) is 4.86. The van der Waals surface area contributed by atoms with Gasteiger partial charge >= 0.3 is 0 Å². The SMILES string of the molecule is CC(C)C(NC(=O)c1ccc(N)c(Cl)c1)c1ccccc1. The van der Waals surface area contributed by atoms with Crippen molar-refractivity contribution in [2.24, 2.45) is 5.92 Å². The van der Waals surface area contributed by atoms with Gasteiger partial charge in [0.15, 0.2) is 0 Å². The average molecular weight is 303 g/mol. The summed E-state index contributed by atoms with van der Waals surface area (Å²) in [6.07, 6.45) is 0. The Morgan fingerprint density at radius 1 is 1.14 bits per heavy atom. The lowest BCUT2D eigenvalue weighted by Crippen LogP contribution is -2.31. The molecule has 4 heteroatoms. The highest BCUT2D eigenvalue weighted by Gasteiger charge is 2.19. The number of anilines is 1. The molecule has 0 fully saturated rings. The third kappa shape index (κ3) is 3.76. The maximum absolute atomic E-state index is 12.4. The van der Waals surface area contributed by atoms with E-state index in [-0.39, 0.29) is 17.9 Å². The van der Waals surface area contributed by atoms with Gasteiger partial charge in [-0.3, -0.25) is 4.79 Å². The first-order valence-corrected chi connectivity index (χ1v) is 7.27. The van der Waals surface area contributed by atoms with E-state index in [0.717, 1.165) is 5.56 Å². The molecule has 21 heavy (non-hydrogen) atoms. The number of nitrogen functional groups attached to an aromatic ring is 1. The van der Waals surface area contributed by atoms with E-state index in [1.54, 1.807) is 18.2 Å². The van der Waals surface area contributed by atoms with Gasteiger partial charge in [-0.25, -0.2) is 0 Å². The van der Waals surface area contributed by atoms with Crippen LogP contribution in [0.3, 0.4) is 0 Å². The van der Waals surface area contributed by atoms with E-state index in [0.29, 0.717) is 16.3 Å². The molecule has 0 radical (unpaired) electrons. The maximum atomic E-state index is 12.4. The Morgan fingerprint density at radius 2 is 1.81 bits per heavy atom. The molecule has 0 aliphatic rings. The summed E-state index contributed by atoms with van der Waals surface area (Å²) in [5.74, 6) is 0.125. The first kappa shape index (κ1) is 15.4. The third-order valence-corrected chi connectivity index (χ3v) is 3.70. The minimum Gasteiger partial charge on any atom is -0.398 e. The maximum Gasteiger partial charge on any atom is 0.251 e. The van der Waals surface area contributed by atoms with E-state index in [2.05, 4.69) is 19.2 Å². The second-order valence-electron chi connectivity index (χ2n) is 5.34. The normalized spacial score (nSPS) is 12.2. The smallest absolute Gasteiger partial charge is 0.251 e. The molecule has 0 aliphatic heterocycles. The van der Waals surface area contributed by atoms with Crippen LogP contribution in [0.25, 0.3) is 0 Å². The molecule has 3 nitrogen and oxygen atoms in total. The van der Waals surface area contributed by atoms with E-state index in [1.165, 1.54) is 0 Å². The van der Waals surface area contributed by atoms with Crippen LogP contribution in [-0.4, -0.2) is 5.91 Å². The number of nitrogens with one attached hydrogen (secondary N) is 1. The Balaban J connectivity index is 2.21. The van der Waals surface area contributed by atoms with Crippen molar-refractivity contribution in [2.75, 3.05) is 5.73 Å². The number of amides is 1. The fraction of sp³-hybridized carbons (Fsp3) is 0.235. The highest BCUT2D eigenvalue weighted by Crippen LogP contribution is 2.23. The second kappa shape index (κ2) is 6.64. The molecule has 0 spiro atoms. The van der Waals surface area contributed by atoms with Crippen LogP contribution in [0, 0.1) is 5.92 Å². The number of hydrogen-bond acceptors (Lipinski definition) is 2. The van der Waals surface area contributed by atoms with Crippen LogP contribution in [0.1, 0.15) is 35.8 Å². The lowest BCUT2D eigenvalue weighted by atomic mass is 9.95. The summed E-state index contributed by atoms with van der Waals surface area (Å²) in [6, 6.07) is 14.8. The summed E-state index contributed by atoms with van der Waals surface area (Å²) < 4.78 is 0. The molecule has 1 amide bonds. The zero-order valence-electron chi connectivity index (χ0n) is 12.1. The average Bonchev–Trinajstić information content (AvgIpc) is 2.48. The van der Waals surface area contributed by atoms with Crippen LogP contribution in [0.4, 0.5) is 5.69 Å². The van der Waals surface area contributed by atoms with Gasteiger partial charge in [0.25, 0.3) is 5.91 Å². The molecule has 0 saturated heterocycles. The van der Waals surface area contributed by atoms with Gasteiger partial charge in [-0.1, -0.05) is 55.8 Å². The van der Waals surface area contributed by atoms with Gasteiger partial charge in [-0.05, 0) is 29.7 Å². The Labute approximate surface area is 130 Å². The summed E-state index contributed by atoms with van der Waals surface area (Å²) in [7, 11) is 0. The van der Waals surface area contributed by atoms with Crippen LogP contribution in [-0.2, 0) is 0 Å². The highest BCUT2D eigenvalue weighted by molar-refractivity contribution is 6.33. The molecular weight excluding hydrogens is 284 g/mol. The molecule has 2 rings (SSSR count). The van der Waals surface area contributed by atoms with Crippen molar-refractivity contribution < 1.29 is 4.79 Å². The van der Waals surface area contributed by atoms with Crippen molar-refractivity contribution in [1.82, 2.24) is 5.32 Å². The molecule has 110 valence electrons. The molecule has 1 atom stereocenters. The quantitative estimate of drug-likeness (QED) is 0.837. The van der Waals surface area contributed by atoms with Crippen molar-refractivity contribution in [3.63, 3.8) is 0 Å². The summed E-state index contributed by atoms with van der Waals surface area (Å²) in [5, 5.41) is 3.45. The van der Waals surface area contributed by atoms with E-state index in [9.17, 15) is 4.79 Å². The van der Waals surface area contributed by atoms with Gasteiger partial charge in [0.1, 0.15) is 0 Å². The topological polar surface area (TPSA) is 55.1 Å². The number of halogens is 1. The number of hydrogen-bond donors (Lipinski definition) is 2. The molecule has 2 aromatic rings. The molecule has 2 aromatic carbocycles. The van der Waals surface area contributed by atoms with Crippen LogP contribution in [0.15, 0.2) is 48.5 Å².